The number of ether oxygens (including phenoxy) is 4. The van der Waals surface area contributed by atoms with Gasteiger partial charge in [0.05, 0.1) is 40.3 Å². The number of unbranched alkanes of at least 4 members (excludes halogenated alkanes) is 45. The fraction of sp³-hybridized carbons (Fsp3) is 0.798. The van der Waals surface area contributed by atoms with Crippen molar-refractivity contribution in [1.29, 1.82) is 0 Å². The Balaban J connectivity index is 4.02. The van der Waals surface area contributed by atoms with Gasteiger partial charge in [-0.3, -0.25) is 9.59 Å². The molecule has 0 aromatic heterocycles. The smallest absolute Gasteiger partial charge is 0.306 e. The second kappa shape index (κ2) is 74.3. The van der Waals surface area contributed by atoms with Crippen LogP contribution in [-0.4, -0.2) is 82.3 Å². The molecule has 0 saturated carbocycles. The molecule has 0 aliphatic carbocycles. The van der Waals surface area contributed by atoms with Gasteiger partial charge in [0, 0.05) is 12.8 Å². The molecular formula is C84H151NO8. The van der Waals surface area contributed by atoms with Gasteiger partial charge in [0.2, 0.25) is 0 Å². The lowest BCUT2D eigenvalue weighted by Crippen LogP contribution is -2.44. The Hall–Kier alpha value is -3.53. The minimum absolute atomic E-state index is 0.148. The first-order chi connectivity index (χ1) is 45.6. The summed E-state index contributed by atoms with van der Waals surface area (Å²) < 4.78 is 22.9. The van der Waals surface area contributed by atoms with E-state index in [2.05, 4.69) is 98.9 Å². The van der Waals surface area contributed by atoms with E-state index in [1.807, 2.05) is 21.1 Å². The molecule has 0 fully saturated rings. The van der Waals surface area contributed by atoms with Crippen LogP contribution in [0.2, 0.25) is 0 Å². The first-order valence-corrected chi connectivity index (χ1v) is 39.7. The van der Waals surface area contributed by atoms with E-state index < -0.39 is 24.3 Å². The number of esters is 2. The number of hydrogen-bond acceptors (Lipinski definition) is 8. The highest BCUT2D eigenvalue weighted by Crippen LogP contribution is 2.19. The first-order valence-electron chi connectivity index (χ1n) is 39.7. The topological polar surface area (TPSA) is 111 Å². The fourth-order valence-corrected chi connectivity index (χ4v) is 11.6. The molecule has 0 aliphatic rings. The number of aliphatic carboxylic acids is 1. The molecule has 0 bridgehead atoms. The van der Waals surface area contributed by atoms with Gasteiger partial charge in [-0.1, -0.05) is 375 Å². The summed E-state index contributed by atoms with van der Waals surface area (Å²) >= 11 is 0. The van der Waals surface area contributed by atoms with E-state index in [1.165, 1.54) is 257 Å². The van der Waals surface area contributed by atoms with E-state index in [9.17, 15) is 19.5 Å². The number of carbonyl (C=O) groups excluding carboxylic acids is 3. The quantitative estimate of drug-likeness (QED) is 0.0195. The number of carbonyl (C=O) groups is 3. The number of rotatable bonds is 74. The molecule has 0 amide bonds. The van der Waals surface area contributed by atoms with Gasteiger partial charge >= 0.3 is 11.9 Å². The molecule has 9 nitrogen and oxygen atoms in total. The average Bonchev–Trinajstić information content (AvgIpc) is 3.73. The minimum atomic E-state index is -1.62. The van der Waals surface area contributed by atoms with Crippen molar-refractivity contribution < 1.29 is 42.9 Å². The monoisotopic (exact) mass is 1300 g/mol. The second-order valence-corrected chi connectivity index (χ2v) is 28.0. The van der Waals surface area contributed by atoms with E-state index in [-0.39, 0.29) is 32.2 Å². The van der Waals surface area contributed by atoms with Crippen LogP contribution in [0.25, 0.3) is 0 Å². The number of carboxylic acids is 1. The van der Waals surface area contributed by atoms with Crippen LogP contribution < -0.4 is 5.11 Å². The molecule has 2 unspecified atom stereocenters. The maximum Gasteiger partial charge on any atom is 0.306 e. The molecule has 540 valence electrons. The summed E-state index contributed by atoms with van der Waals surface area (Å²) in [6.07, 6.45) is 98.5. The SMILES string of the molecule is CC/C=C\C/C=C\C/C=C\C/C=C\C/C=C\C/C=C\C/C=C\CCCCCCCCCCCCCCCCCC(=O)OC(COC(=O)CCCCCCCCCCCCCCCCCCCCCCCCCCCCCCCCC)COC(OCC[N+](C)(C)C)C(=O)[O-]. The summed E-state index contributed by atoms with van der Waals surface area (Å²) in [5.41, 5.74) is 0. The number of quaternary nitrogens is 1. The lowest BCUT2D eigenvalue weighted by atomic mass is 10.0. The highest BCUT2D eigenvalue weighted by molar-refractivity contribution is 5.70. The Morgan fingerprint density at radius 3 is 0.914 bits per heavy atom. The van der Waals surface area contributed by atoms with E-state index >= 15 is 0 Å². The highest BCUT2D eigenvalue weighted by atomic mass is 16.7. The molecular weight excluding hydrogens is 1150 g/mol. The zero-order chi connectivity index (χ0) is 67.5. The standard InChI is InChI=1S/C84H151NO8/c1-6-8-10-12-14-16-18-20-22-24-26-28-30-32-34-36-38-39-40-41-42-43-45-47-49-51-53-55-57-59-61-63-65-67-69-71-73-75-82(87)93-80(79-92-84(83(88)89)90-77-76-85(3,4)5)78-91-81(86)74-72-70-68-66-64-62-60-58-56-54-52-50-48-46-44-37-35-33-31-29-27-25-23-21-19-17-15-13-11-9-7-2/h8,10,14,16,20,22,26,28,32,34,38-39,41-42,80,84H,6-7,9,11-13,15,17-19,21,23-25,27,29-31,33,35-37,40,43-79H2,1-5H3/b10-8-,16-14-,22-20-,28-26-,34-32-,39-38-,42-41-. The molecule has 0 N–H and O–H groups in total. The van der Waals surface area contributed by atoms with Crippen LogP contribution in [0, 0.1) is 0 Å². The van der Waals surface area contributed by atoms with Crippen molar-refractivity contribution in [2.75, 3.05) is 47.5 Å². The molecule has 0 radical (unpaired) electrons. The van der Waals surface area contributed by atoms with Crippen molar-refractivity contribution >= 4 is 17.9 Å². The Bertz CT molecular complexity index is 1810. The second-order valence-electron chi connectivity index (χ2n) is 28.0. The van der Waals surface area contributed by atoms with Crippen LogP contribution in [0.4, 0.5) is 0 Å². The number of likely N-dealkylation sites (N-methyl/N-ethyl adjacent to an activating group) is 1. The Labute approximate surface area is 576 Å². The van der Waals surface area contributed by atoms with Gasteiger partial charge < -0.3 is 33.3 Å². The highest BCUT2D eigenvalue weighted by Gasteiger charge is 2.22. The third kappa shape index (κ3) is 75.7. The van der Waals surface area contributed by atoms with Gasteiger partial charge in [0.15, 0.2) is 12.4 Å². The molecule has 2 atom stereocenters. The lowest BCUT2D eigenvalue weighted by Gasteiger charge is -2.26. The van der Waals surface area contributed by atoms with Crippen LogP contribution in [0.15, 0.2) is 85.1 Å². The number of hydrogen-bond donors (Lipinski definition) is 0. The zero-order valence-electron chi connectivity index (χ0n) is 61.9. The number of nitrogens with zero attached hydrogens (tertiary/aromatic N) is 1. The predicted molar refractivity (Wildman–Crippen MR) is 398 cm³/mol. The first kappa shape index (κ1) is 89.5. The molecule has 0 saturated heterocycles. The van der Waals surface area contributed by atoms with E-state index in [1.54, 1.807) is 0 Å². The van der Waals surface area contributed by atoms with Crippen LogP contribution in [0.5, 0.6) is 0 Å². The third-order valence-corrected chi connectivity index (χ3v) is 17.7. The van der Waals surface area contributed by atoms with Crippen molar-refractivity contribution in [2.24, 2.45) is 0 Å². The van der Waals surface area contributed by atoms with Crippen LogP contribution in [-0.2, 0) is 33.3 Å². The molecule has 9 heteroatoms. The number of allylic oxidation sites excluding steroid dienone is 14. The van der Waals surface area contributed by atoms with Crippen LogP contribution in [0.3, 0.4) is 0 Å². The average molecular weight is 1300 g/mol. The summed E-state index contributed by atoms with van der Waals surface area (Å²) in [5.74, 6) is -2.26. The van der Waals surface area contributed by atoms with Crippen molar-refractivity contribution in [3.63, 3.8) is 0 Å². The Morgan fingerprint density at radius 2 is 0.613 bits per heavy atom. The van der Waals surface area contributed by atoms with Crippen molar-refractivity contribution in [3.8, 4) is 0 Å². The molecule has 93 heavy (non-hydrogen) atoms. The van der Waals surface area contributed by atoms with E-state index in [0.717, 1.165) is 83.5 Å². The normalized spacial score (nSPS) is 13.1. The van der Waals surface area contributed by atoms with Crippen LogP contribution in [0.1, 0.15) is 373 Å². The van der Waals surface area contributed by atoms with Gasteiger partial charge in [0.25, 0.3) is 0 Å². The molecule has 0 aromatic rings. The molecule has 0 aliphatic heterocycles. The lowest BCUT2D eigenvalue weighted by molar-refractivity contribution is -0.870. The third-order valence-electron chi connectivity index (χ3n) is 17.7. The summed E-state index contributed by atoms with van der Waals surface area (Å²) in [6, 6.07) is 0. The molecule has 0 heterocycles. The van der Waals surface area contributed by atoms with Gasteiger partial charge in [-0.15, -0.1) is 0 Å². The van der Waals surface area contributed by atoms with E-state index in [0.29, 0.717) is 23.9 Å². The van der Waals surface area contributed by atoms with Gasteiger partial charge in [-0.05, 0) is 70.6 Å². The zero-order valence-corrected chi connectivity index (χ0v) is 61.9. The Morgan fingerprint density at radius 1 is 0.333 bits per heavy atom. The summed E-state index contributed by atoms with van der Waals surface area (Å²) in [4.78, 5) is 37.6. The summed E-state index contributed by atoms with van der Waals surface area (Å²) in [7, 11) is 5.95. The van der Waals surface area contributed by atoms with Gasteiger partial charge in [-0.25, -0.2) is 0 Å². The molecule has 0 spiro atoms. The maximum atomic E-state index is 13.0. The van der Waals surface area contributed by atoms with Crippen LogP contribution >= 0.6 is 0 Å². The summed E-state index contributed by atoms with van der Waals surface area (Å²) in [6.45, 7) is 4.69. The fourth-order valence-electron chi connectivity index (χ4n) is 11.6. The van der Waals surface area contributed by atoms with Gasteiger partial charge in [0.1, 0.15) is 13.2 Å². The molecule has 0 rings (SSSR count). The predicted octanol–water partition coefficient (Wildman–Crippen LogP) is 24.0. The van der Waals surface area contributed by atoms with Gasteiger partial charge in [-0.2, -0.15) is 0 Å². The number of carboxylic acid groups (broad SMARTS) is 1. The van der Waals surface area contributed by atoms with E-state index in [4.69, 9.17) is 18.9 Å². The van der Waals surface area contributed by atoms with Crippen molar-refractivity contribution in [2.45, 2.75) is 386 Å². The van der Waals surface area contributed by atoms with Crippen molar-refractivity contribution in [3.05, 3.63) is 85.1 Å². The van der Waals surface area contributed by atoms with Crippen molar-refractivity contribution in [1.82, 2.24) is 0 Å². The summed E-state index contributed by atoms with van der Waals surface area (Å²) in [5, 5.41) is 11.9. The Kier molecular flexibility index (Phi) is 71.4. The molecule has 0 aromatic carbocycles. The maximum absolute atomic E-state index is 13.0. The minimum Gasteiger partial charge on any atom is -0.545 e. The largest absolute Gasteiger partial charge is 0.545 e.